The fraction of sp³-hybridized carbons (Fsp3) is 0.150. The summed E-state index contributed by atoms with van der Waals surface area (Å²) in [5.41, 5.74) is 16.0. The number of nitrogens with zero attached hydrogens (tertiary/aromatic N) is 4. The fourth-order valence-corrected chi connectivity index (χ4v) is 3.38. The minimum atomic E-state index is -0.301. The van der Waals surface area contributed by atoms with E-state index in [2.05, 4.69) is 15.6 Å². The fourth-order valence-electron chi connectivity index (χ4n) is 3.38. The largest absolute Gasteiger partial charge is 0.370 e. The molecule has 130 valence electrons. The van der Waals surface area contributed by atoms with Gasteiger partial charge in [-0.15, -0.1) is 0 Å². The van der Waals surface area contributed by atoms with Crippen LogP contribution in [0.5, 0.6) is 0 Å². The van der Waals surface area contributed by atoms with Crippen molar-refractivity contribution in [3.8, 4) is 11.4 Å². The van der Waals surface area contributed by atoms with Gasteiger partial charge < -0.3 is 16.0 Å². The Bertz CT molecular complexity index is 1120. The van der Waals surface area contributed by atoms with E-state index in [1.807, 2.05) is 62.4 Å². The molecule has 0 amide bonds. The number of hydrogen-bond acceptors (Lipinski definition) is 3. The van der Waals surface area contributed by atoms with E-state index in [1.54, 1.807) is 0 Å². The Kier molecular flexibility index (Phi) is 3.80. The van der Waals surface area contributed by atoms with Crippen molar-refractivity contribution in [1.82, 2.24) is 14.5 Å². The van der Waals surface area contributed by atoms with Crippen LogP contribution in [-0.4, -0.2) is 20.5 Å². The Balaban J connectivity index is 2.16. The number of imidazole rings is 1. The highest BCUT2D eigenvalue weighted by Crippen LogP contribution is 2.34. The number of para-hydroxylation sites is 1. The summed E-state index contributed by atoms with van der Waals surface area (Å²) >= 11 is 0. The van der Waals surface area contributed by atoms with E-state index in [1.165, 1.54) is 0 Å². The topological polar surface area (TPSA) is 95.1 Å². The van der Waals surface area contributed by atoms with E-state index in [-0.39, 0.29) is 12.1 Å². The second-order valence-corrected chi connectivity index (χ2v) is 6.27. The van der Waals surface area contributed by atoms with Gasteiger partial charge in [0.1, 0.15) is 17.5 Å². The SMILES string of the molecule is Cc1nc2ccccc2c2c1nc(-c1ccccc1)n2C(C)N=C(N)N. The van der Waals surface area contributed by atoms with Crippen molar-refractivity contribution in [1.29, 1.82) is 0 Å². The van der Waals surface area contributed by atoms with Crippen LogP contribution in [0.3, 0.4) is 0 Å². The highest BCUT2D eigenvalue weighted by atomic mass is 15.2. The summed E-state index contributed by atoms with van der Waals surface area (Å²) in [5, 5.41) is 1.03. The third-order valence-corrected chi connectivity index (χ3v) is 4.44. The van der Waals surface area contributed by atoms with Gasteiger partial charge in [-0.25, -0.2) is 9.98 Å². The van der Waals surface area contributed by atoms with Crippen LogP contribution in [-0.2, 0) is 0 Å². The standard InChI is InChI=1S/C20H20N6/c1-12-17-18(15-10-6-7-11-16(15)23-12)26(13(2)24-20(21)22)19(25-17)14-8-4-3-5-9-14/h3-11,13H,1-2H3,(H4,21,22,24). The van der Waals surface area contributed by atoms with Crippen molar-refractivity contribution in [2.45, 2.75) is 20.0 Å². The van der Waals surface area contributed by atoms with E-state index in [4.69, 9.17) is 21.4 Å². The molecule has 6 heteroatoms. The van der Waals surface area contributed by atoms with E-state index in [0.29, 0.717) is 0 Å². The number of nitrogens with two attached hydrogens (primary N) is 2. The van der Waals surface area contributed by atoms with Gasteiger partial charge in [0.2, 0.25) is 0 Å². The minimum Gasteiger partial charge on any atom is -0.370 e. The lowest BCUT2D eigenvalue weighted by atomic mass is 10.1. The molecule has 0 aliphatic carbocycles. The van der Waals surface area contributed by atoms with Crippen molar-refractivity contribution in [2.24, 2.45) is 16.5 Å². The predicted octanol–water partition coefficient (Wildman–Crippen LogP) is 3.35. The van der Waals surface area contributed by atoms with E-state index < -0.39 is 0 Å². The van der Waals surface area contributed by atoms with Crippen LogP contribution in [0.15, 0.2) is 59.6 Å². The first-order valence-corrected chi connectivity index (χ1v) is 8.47. The third kappa shape index (κ3) is 2.56. The highest BCUT2D eigenvalue weighted by molar-refractivity contribution is 6.04. The molecule has 1 atom stereocenters. The summed E-state index contributed by atoms with van der Waals surface area (Å²) in [6.45, 7) is 3.93. The van der Waals surface area contributed by atoms with Crippen LogP contribution in [0.25, 0.3) is 33.3 Å². The quantitative estimate of drug-likeness (QED) is 0.440. The molecule has 6 nitrogen and oxygen atoms in total. The molecular weight excluding hydrogens is 324 g/mol. The monoisotopic (exact) mass is 344 g/mol. The van der Waals surface area contributed by atoms with Crippen molar-refractivity contribution in [3.05, 3.63) is 60.3 Å². The number of benzene rings is 2. The van der Waals surface area contributed by atoms with E-state index in [9.17, 15) is 0 Å². The average molecular weight is 344 g/mol. The van der Waals surface area contributed by atoms with Gasteiger partial charge in [0.25, 0.3) is 0 Å². The molecule has 4 N–H and O–H groups in total. The van der Waals surface area contributed by atoms with Crippen LogP contribution < -0.4 is 11.5 Å². The highest BCUT2D eigenvalue weighted by Gasteiger charge is 2.21. The predicted molar refractivity (Wildman–Crippen MR) is 106 cm³/mol. The Morgan fingerprint density at radius 1 is 1.00 bits per heavy atom. The van der Waals surface area contributed by atoms with Gasteiger partial charge in [0, 0.05) is 10.9 Å². The number of pyridine rings is 1. The van der Waals surface area contributed by atoms with E-state index in [0.717, 1.165) is 39.0 Å². The van der Waals surface area contributed by atoms with Crippen molar-refractivity contribution in [2.75, 3.05) is 0 Å². The summed E-state index contributed by atoms with van der Waals surface area (Å²) in [6, 6.07) is 18.1. The van der Waals surface area contributed by atoms with Gasteiger partial charge in [-0.1, -0.05) is 48.5 Å². The maximum Gasteiger partial charge on any atom is 0.188 e. The van der Waals surface area contributed by atoms with E-state index >= 15 is 0 Å². The van der Waals surface area contributed by atoms with Crippen LogP contribution in [0.4, 0.5) is 0 Å². The average Bonchev–Trinajstić information content (AvgIpc) is 3.04. The lowest BCUT2D eigenvalue weighted by molar-refractivity contribution is 0.596. The lowest BCUT2D eigenvalue weighted by Crippen LogP contribution is -2.24. The molecule has 4 aromatic rings. The van der Waals surface area contributed by atoms with Gasteiger partial charge >= 0.3 is 0 Å². The molecular formula is C20H20N6. The first-order chi connectivity index (χ1) is 12.6. The molecule has 0 aliphatic heterocycles. The zero-order valence-electron chi connectivity index (χ0n) is 14.7. The maximum absolute atomic E-state index is 5.66. The molecule has 0 aliphatic rings. The van der Waals surface area contributed by atoms with Crippen molar-refractivity contribution in [3.63, 3.8) is 0 Å². The molecule has 0 saturated carbocycles. The number of aryl methyl sites for hydroxylation is 1. The van der Waals surface area contributed by atoms with Crippen LogP contribution >= 0.6 is 0 Å². The van der Waals surface area contributed by atoms with Crippen LogP contribution in [0.2, 0.25) is 0 Å². The van der Waals surface area contributed by atoms with Gasteiger partial charge in [-0.05, 0) is 19.9 Å². The van der Waals surface area contributed by atoms with Gasteiger partial charge in [-0.2, -0.15) is 0 Å². The Morgan fingerprint density at radius 2 is 1.69 bits per heavy atom. The zero-order valence-corrected chi connectivity index (χ0v) is 14.7. The minimum absolute atomic E-state index is 0.0495. The molecule has 0 radical (unpaired) electrons. The number of guanidine groups is 1. The second kappa shape index (κ2) is 6.15. The molecule has 0 bridgehead atoms. The molecule has 0 saturated heterocycles. The Morgan fingerprint density at radius 3 is 2.42 bits per heavy atom. The smallest absolute Gasteiger partial charge is 0.188 e. The summed E-state index contributed by atoms with van der Waals surface area (Å²) < 4.78 is 2.08. The molecule has 2 aromatic heterocycles. The molecule has 2 heterocycles. The molecule has 26 heavy (non-hydrogen) atoms. The normalized spacial score (nSPS) is 12.4. The number of fused-ring (bicyclic) bond motifs is 3. The van der Waals surface area contributed by atoms with Gasteiger partial charge in [0.15, 0.2) is 5.96 Å². The molecule has 4 rings (SSSR count). The summed E-state index contributed by atoms with van der Waals surface area (Å²) in [7, 11) is 0. The van der Waals surface area contributed by atoms with Crippen molar-refractivity contribution >= 4 is 27.9 Å². The Hall–Kier alpha value is -3.41. The second-order valence-electron chi connectivity index (χ2n) is 6.27. The van der Waals surface area contributed by atoms with Gasteiger partial charge in [0.05, 0.1) is 16.7 Å². The van der Waals surface area contributed by atoms with Crippen LogP contribution in [0, 0.1) is 6.92 Å². The lowest BCUT2D eigenvalue weighted by Gasteiger charge is -2.15. The number of rotatable bonds is 3. The summed E-state index contributed by atoms with van der Waals surface area (Å²) in [4.78, 5) is 14.0. The molecule has 0 fully saturated rings. The zero-order chi connectivity index (χ0) is 18.3. The van der Waals surface area contributed by atoms with Crippen molar-refractivity contribution < 1.29 is 0 Å². The van der Waals surface area contributed by atoms with Crippen LogP contribution in [0.1, 0.15) is 18.8 Å². The molecule has 1 unspecified atom stereocenters. The number of hydrogen-bond donors (Lipinski definition) is 2. The Labute approximate surface area is 151 Å². The third-order valence-electron chi connectivity index (χ3n) is 4.44. The molecule has 2 aromatic carbocycles. The number of aliphatic imine (C=N–C) groups is 1. The van der Waals surface area contributed by atoms with Gasteiger partial charge in [-0.3, -0.25) is 4.98 Å². The summed E-state index contributed by atoms with van der Waals surface area (Å²) in [6.07, 6.45) is -0.301. The number of aromatic nitrogens is 3. The maximum atomic E-state index is 5.66. The first kappa shape index (κ1) is 16.1. The first-order valence-electron chi connectivity index (χ1n) is 8.47. The molecule has 0 spiro atoms. The summed E-state index contributed by atoms with van der Waals surface area (Å²) in [5.74, 6) is 0.868.